The van der Waals surface area contributed by atoms with E-state index in [1.807, 2.05) is 33.8 Å². The minimum absolute atomic E-state index is 0.0168. The summed E-state index contributed by atoms with van der Waals surface area (Å²) in [5.41, 5.74) is 4.72. The number of hydrogen-bond donors (Lipinski definition) is 0. The van der Waals surface area contributed by atoms with E-state index in [1.165, 1.54) is 10.5 Å². The van der Waals surface area contributed by atoms with Gasteiger partial charge in [0.1, 0.15) is 5.82 Å². The van der Waals surface area contributed by atoms with Crippen LogP contribution in [-0.4, -0.2) is 53.7 Å². The van der Waals surface area contributed by atoms with Gasteiger partial charge in [0.05, 0.1) is 5.92 Å². The Morgan fingerprint density at radius 2 is 1.69 bits per heavy atom. The molecule has 1 aromatic heterocycles. The first kappa shape index (κ1) is 24.1. The van der Waals surface area contributed by atoms with Crippen LogP contribution in [0.5, 0.6) is 0 Å². The Labute approximate surface area is 189 Å². The van der Waals surface area contributed by atoms with E-state index >= 15 is 0 Å². The van der Waals surface area contributed by atoms with Crippen LogP contribution in [0.25, 0.3) is 0 Å². The largest absolute Gasteiger partial charge is 0.457 e. The molecule has 174 valence electrons. The summed E-state index contributed by atoms with van der Waals surface area (Å²) >= 11 is 0. The van der Waals surface area contributed by atoms with Crippen molar-refractivity contribution < 1.29 is 22.7 Å². The highest BCUT2D eigenvalue weighted by Crippen LogP contribution is 2.25. The SMILES string of the molecule is Cc1cc(C(=O)COC(=O)C2CCN(S(=O)(=O)c3cn(C)c(C)n3)CC2)c(C)c(C)c1C. The molecule has 0 spiro atoms. The topological polar surface area (TPSA) is 98.6 Å². The molecule has 0 atom stereocenters. The highest BCUT2D eigenvalue weighted by Gasteiger charge is 2.34. The van der Waals surface area contributed by atoms with Crippen LogP contribution in [0.3, 0.4) is 0 Å². The zero-order chi connectivity index (χ0) is 23.8. The van der Waals surface area contributed by atoms with Gasteiger partial charge in [-0.1, -0.05) is 0 Å². The summed E-state index contributed by atoms with van der Waals surface area (Å²) in [5.74, 6) is -0.502. The number of ether oxygens (including phenoxy) is 1. The summed E-state index contributed by atoms with van der Waals surface area (Å²) in [6.07, 6.45) is 2.19. The number of hydrogen-bond acceptors (Lipinski definition) is 6. The summed E-state index contributed by atoms with van der Waals surface area (Å²) < 4.78 is 33.9. The summed E-state index contributed by atoms with van der Waals surface area (Å²) in [6.45, 7) is 9.70. The van der Waals surface area contributed by atoms with Gasteiger partial charge < -0.3 is 9.30 Å². The van der Waals surface area contributed by atoms with Crippen molar-refractivity contribution >= 4 is 21.8 Å². The summed E-state index contributed by atoms with van der Waals surface area (Å²) in [5, 5.41) is 0.0168. The van der Waals surface area contributed by atoms with Crippen molar-refractivity contribution in [3.05, 3.63) is 45.9 Å². The van der Waals surface area contributed by atoms with E-state index in [9.17, 15) is 18.0 Å². The standard InChI is InChI=1S/C23H31N3O5S/c1-14-11-20(17(4)16(3)15(14)2)21(27)13-31-23(28)19-7-9-26(10-8-19)32(29,30)22-12-25(6)18(5)24-22/h11-12,19H,7-10,13H2,1-6H3. The van der Waals surface area contributed by atoms with Crippen LogP contribution in [0.2, 0.25) is 0 Å². The fourth-order valence-corrected chi connectivity index (χ4v) is 5.44. The van der Waals surface area contributed by atoms with Gasteiger partial charge in [-0.15, -0.1) is 0 Å². The van der Waals surface area contributed by atoms with Gasteiger partial charge in [0.2, 0.25) is 5.78 Å². The third-order valence-electron chi connectivity index (χ3n) is 6.61. The Morgan fingerprint density at radius 1 is 1.06 bits per heavy atom. The van der Waals surface area contributed by atoms with Gasteiger partial charge in [-0.3, -0.25) is 9.59 Å². The number of aryl methyl sites for hydroxylation is 3. The van der Waals surface area contributed by atoms with Gasteiger partial charge in [0.15, 0.2) is 11.6 Å². The normalized spacial score (nSPS) is 15.7. The van der Waals surface area contributed by atoms with E-state index in [2.05, 4.69) is 4.98 Å². The maximum absolute atomic E-state index is 12.8. The molecule has 1 fully saturated rings. The quantitative estimate of drug-likeness (QED) is 0.485. The van der Waals surface area contributed by atoms with Gasteiger partial charge >= 0.3 is 5.97 Å². The number of carbonyl (C=O) groups is 2. The molecule has 8 nitrogen and oxygen atoms in total. The molecule has 0 amide bonds. The van der Waals surface area contributed by atoms with Crippen molar-refractivity contribution in [1.82, 2.24) is 13.9 Å². The van der Waals surface area contributed by atoms with Gasteiger partial charge in [-0.25, -0.2) is 13.4 Å². The molecule has 3 rings (SSSR count). The highest BCUT2D eigenvalue weighted by molar-refractivity contribution is 7.89. The minimum atomic E-state index is -3.70. The molecule has 0 unspecified atom stereocenters. The molecule has 1 aromatic carbocycles. The zero-order valence-corrected chi connectivity index (χ0v) is 20.4. The Hall–Kier alpha value is -2.52. The molecule has 2 aromatic rings. The molecule has 1 aliphatic rings. The molecule has 0 saturated carbocycles. The lowest BCUT2D eigenvalue weighted by atomic mass is 9.93. The second-order valence-electron chi connectivity index (χ2n) is 8.56. The molecule has 32 heavy (non-hydrogen) atoms. The minimum Gasteiger partial charge on any atom is -0.457 e. The first-order chi connectivity index (χ1) is 14.9. The molecular weight excluding hydrogens is 430 g/mol. The zero-order valence-electron chi connectivity index (χ0n) is 19.6. The van der Waals surface area contributed by atoms with Crippen molar-refractivity contribution in [1.29, 1.82) is 0 Å². The molecule has 0 N–H and O–H groups in total. The number of sulfonamides is 1. The number of imidazole rings is 1. The van der Waals surface area contributed by atoms with Crippen LogP contribution >= 0.6 is 0 Å². The van der Waals surface area contributed by atoms with Gasteiger partial charge in [0.25, 0.3) is 10.0 Å². The third-order valence-corrected chi connectivity index (χ3v) is 8.38. The summed E-state index contributed by atoms with van der Waals surface area (Å²) in [7, 11) is -1.95. The fourth-order valence-electron chi connectivity index (χ4n) is 3.95. The average molecular weight is 462 g/mol. The Kier molecular flexibility index (Phi) is 6.90. The van der Waals surface area contributed by atoms with Gasteiger partial charge in [-0.05, 0) is 75.8 Å². The second kappa shape index (κ2) is 9.15. The predicted molar refractivity (Wildman–Crippen MR) is 120 cm³/mol. The van der Waals surface area contributed by atoms with Crippen LogP contribution in [-0.2, 0) is 26.6 Å². The van der Waals surface area contributed by atoms with E-state index in [0.29, 0.717) is 24.2 Å². The van der Waals surface area contributed by atoms with E-state index in [4.69, 9.17) is 4.74 Å². The monoisotopic (exact) mass is 461 g/mol. The molecule has 0 bridgehead atoms. The van der Waals surface area contributed by atoms with Crippen molar-refractivity contribution in [2.45, 2.75) is 52.5 Å². The van der Waals surface area contributed by atoms with Crippen LogP contribution in [0.1, 0.15) is 51.3 Å². The highest BCUT2D eigenvalue weighted by atomic mass is 32.2. The van der Waals surface area contributed by atoms with Crippen LogP contribution in [0, 0.1) is 40.5 Å². The fraction of sp³-hybridized carbons (Fsp3) is 0.522. The van der Waals surface area contributed by atoms with Crippen molar-refractivity contribution in [2.24, 2.45) is 13.0 Å². The molecular formula is C23H31N3O5S. The second-order valence-corrected chi connectivity index (χ2v) is 10.4. The van der Waals surface area contributed by atoms with E-state index in [1.54, 1.807) is 18.5 Å². The first-order valence-electron chi connectivity index (χ1n) is 10.7. The van der Waals surface area contributed by atoms with Crippen LogP contribution in [0.15, 0.2) is 17.3 Å². The lowest BCUT2D eigenvalue weighted by Crippen LogP contribution is -2.41. The number of ketones is 1. The van der Waals surface area contributed by atoms with E-state index in [0.717, 1.165) is 22.3 Å². The lowest BCUT2D eigenvalue weighted by Gasteiger charge is -2.29. The molecule has 9 heteroatoms. The molecule has 1 saturated heterocycles. The number of benzene rings is 1. The van der Waals surface area contributed by atoms with Gasteiger partial charge in [0, 0.05) is 31.9 Å². The number of Topliss-reactive ketones (excluding diaryl/α,β-unsaturated/α-hetero) is 1. The maximum Gasteiger partial charge on any atom is 0.309 e. The number of piperidine rings is 1. The average Bonchev–Trinajstić information content (AvgIpc) is 3.12. The van der Waals surface area contributed by atoms with E-state index < -0.39 is 21.9 Å². The number of carbonyl (C=O) groups excluding carboxylic acids is 2. The van der Waals surface area contributed by atoms with Crippen molar-refractivity contribution in [3.63, 3.8) is 0 Å². The number of nitrogens with zero attached hydrogens (tertiary/aromatic N) is 3. The lowest BCUT2D eigenvalue weighted by molar-refractivity contribution is -0.148. The predicted octanol–water partition coefficient (Wildman–Crippen LogP) is 2.79. The Bertz CT molecular complexity index is 1140. The Morgan fingerprint density at radius 3 is 2.25 bits per heavy atom. The first-order valence-corrected chi connectivity index (χ1v) is 12.1. The van der Waals surface area contributed by atoms with E-state index in [-0.39, 0.29) is 30.5 Å². The summed E-state index contributed by atoms with van der Waals surface area (Å²) in [4.78, 5) is 29.3. The van der Waals surface area contributed by atoms with Gasteiger partial charge in [-0.2, -0.15) is 4.31 Å². The molecule has 0 radical (unpaired) electrons. The smallest absolute Gasteiger partial charge is 0.309 e. The van der Waals surface area contributed by atoms with Crippen LogP contribution < -0.4 is 0 Å². The third kappa shape index (κ3) is 4.63. The Balaban J connectivity index is 1.58. The molecule has 1 aliphatic heterocycles. The number of esters is 1. The van der Waals surface area contributed by atoms with Crippen molar-refractivity contribution in [2.75, 3.05) is 19.7 Å². The maximum atomic E-state index is 12.8. The molecule has 2 heterocycles. The molecule has 0 aliphatic carbocycles. The number of rotatable bonds is 6. The van der Waals surface area contributed by atoms with Crippen molar-refractivity contribution in [3.8, 4) is 0 Å². The number of aromatic nitrogens is 2. The van der Waals surface area contributed by atoms with Crippen LogP contribution in [0.4, 0.5) is 0 Å². The summed E-state index contributed by atoms with van der Waals surface area (Å²) in [6, 6.07) is 1.84.